The van der Waals surface area contributed by atoms with Crippen LogP contribution in [0.1, 0.15) is 47.5 Å². The Hall–Kier alpha value is -3.73. The summed E-state index contributed by atoms with van der Waals surface area (Å²) >= 11 is 6.08. The number of nitro benzene ring substituents is 1. The van der Waals surface area contributed by atoms with E-state index in [9.17, 15) is 19.7 Å². The van der Waals surface area contributed by atoms with Gasteiger partial charge < -0.3 is 38.1 Å². The zero-order chi connectivity index (χ0) is 34.6. The van der Waals surface area contributed by atoms with Gasteiger partial charge in [0.25, 0.3) is 5.69 Å². The first kappa shape index (κ1) is 35.6. The average Bonchev–Trinajstić information content (AvgIpc) is 3.54. The zero-order valence-electron chi connectivity index (χ0n) is 27.3. The van der Waals surface area contributed by atoms with Gasteiger partial charge in [0, 0.05) is 24.4 Å². The molecule has 3 fully saturated rings. The van der Waals surface area contributed by atoms with Crippen LogP contribution in [-0.2, 0) is 42.7 Å². The van der Waals surface area contributed by atoms with Crippen molar-refractivity contribution in [2.75, 3.05) is 31.2 Å². The Balaban J connectivity index is 1.03. The molecule has 0 aliphatic carbocycles. The number of non-ortho nitro benzene ring substituents is 1. The molecule has 3 aliphatic heterocycles. The Kier molecular flexibility index (Phi) is 11.0. The SMILES string of the molecule is CCN(CCOC(=O)CCC(=O)OC[C@H]1O[C@@H]2OC(C)(C)O[C@@H]2[C@H]2OC(C)(C)O[C@H]21)c1ccc(N=Nc2ccc([N+](=O)[O-])cc2Cl)cc1. The largest absolute Gasteiger partial charge is 0.464 e. The first-order valence-electron chi connectivity index (χ1n) is 15.6. The van der Waals surface area contributed by atoms with E-state index >= 15 is 0 Å². The number of halogens is 1. The molecular formula is C32H39ClN4O11. The number of nitro groups is 1. The normalized spacial score (nSPS) is 25.3. The number of ether oxygens (including phenoxy) is 7. The first-order chi connectivity index (χ1) is 22.7. The van der Waals surface area contributed by atoms with Gasteiger partial charge in [-0.3, -0.25) is 19.7 Å². The highest BCUT2D eigenvalue weighted by Gasteiger charge is 2.60. The molecule has 0 amide bonds. The highest BCUT2D eigenvalue weighted by atomic mass is 35.5. The van der Waals surface area contributed by atoms with Gasteiger partial charge in [-0.1, -0.05) is 11.6 Å². The Morgan fingerprint density at radius 3 is 2.23 bits per heavy atom. The minimum absolute atomic E-state index is 0.0993. The standard InChI is InChI=1S/C32H39ClN4O11/c1-6-36(20-9-7-19(8-10-20)34-35-23-12-11-21(37(40)41)17-22(23)33)15-16-42-25(38)13-14-26(39)43-18-24-27-28(46-31(2,3)45-27)29-30(44-24)48-32(4,5)47-29/h7-12,17,24,27-30H,6,13-16,18H2,1-5H3/t24-,27+,28+,29-,30-/m1/s1. The number of hydrogen-bond donors (Lipinski definition) is 0. The van der Waals surface area contributed by atoms with Crippen molar-refractivity contribution in [3.8, 4) is 0 Å². The third-order valence-electron chi connectivity index (χ3n) is 7.83. The van der Waals surface area contributed by atoms with Crippen molar-refractivity contribution in [2.45, 2.75) is 89.7 Å². The fourth-order valence-electron chi connectivity index (χ4n) is 5.62. The minimum Gasteiger partial charge on any atom is -0.464 e. The number of azo groups is 1. The molecule has 5 rings (SSSR count). The van der Waals surface area contributed by atoms with Gasteiger partial charge in [0.2, 0.25) is 0 Å². The lowest BCUT2D eigenvalue weighted by Crippen LogP contribution is -2.56. The van der Waals surface area contributed by atoms with Crippen LogP contribution in [0, 0.1) is 10.1 Å². The highest BCUT2D eigenvalue weighted by molar-refractivity contribution is 6.33. The number of hydrogen-bond acceptors (Lipinski definition) is 14. The molecule has 0 saturated carbocycles. The molecular weight excluding hydrogens is 652 g/mol. The summed E-state index contributed by atoms with van der Waals surface area (Å²) in [7, 11) is 0. The molecule has 260 valence electrons. The third kappa shape index (κ3) is 8.84. The zero-order valence-corrected chi connectivity index (χ0v) is 28.1. The maximum atomic E-state index is 12.5. The maximum absolute atomic E-state index is 12.5. The van der Waals surface area contributed by atoms with Gasteiger partial charge in [-0.15, -0.1) is 5.11 Å². The molecule has 0 unspecified atom stereocenters. The van der Waals surface area contributed by atoms with E-state index in [1.807, 2.05) is 24.0 Å². The molecule has 3 heterocycles. The van der Waals surface area contributed by atoms with Crippen LogP contribution >= 0.6 is 11.6 Å². The van der Waals surface area contributed by atoms with Crippen molar-refractivity contribution in [3.63, 3.8) is 0 Å². The predicted molar refractivity (Wildman–Crippen MR) is 170 cm³/mol. The number of esters is 2. The fourth-order valence-corrected chi connectivity index (χ4v) is 5.84. The summed E-state index contributed by atoms with van der Waals surface area (Å²) in [5, 5.41) is 19.2. The molecule has 15 nitrogen and oxygen atoms in total. The summed E-state index contributed by atoms with van der Waals surface area (Å²) in [6.45, 7) is 10.2. The van der Waals surface area contributed by atoms with Gasteiger partial charge in [-0.2, -0.15) is 5.11 Å². The van der Waals surface area contributed by atoms with Crippen molar-refractivity contribution in [1.29, 1.82) is 0 Å². The number of nitrogens with zero attached hydrogens (tertiary/aromatic N) is 4. The summed E-state index contributed by atoms with van der Waals surface area (Å²) in [5.74, 6) is -2.82. The van der Waals surface area contributed by atoms with E-state index in [0.29, 0.717) is 24.5 Å². The van der Waals surface area contributed by atoms with E-state index in [-0.39, 0.29) is 36.8 Å². The summed E-state index contributed by atoms with van der Waals surface area (Å²) in [4.78, 5) is 37.2. The minimum atomic E-state index is -0.869. The third-order valence-corrected chi connectivity index (χ3v) is 8.13. The van der Waals surface area contributed by atoms with Gasteiger partial charge in [0.15, 0.2) is 17.9 Å². The number of anilines is 1. The Morgan fingerprint density at radius 2 is 1.56 bits per heavy atom. The monoisotopic (exact) mass is 690 g/mol. The average molecular weight is 691 g/mol. The van der Waals surface area contributed by atoms with E-state index < -0.39 is 59.1 Å². The molecule has 48 heavy (non-hydrogen) atoms. The topological polar surface area (TPSA) is 170 Å². The molecule has 2 aromatic rings. The Bertz CT molecular complexity index is 1520. The molecule has 16 heteroatoms. The van der Waals surface area contributed by atoms with Crippen molar-refractivity contribution in [2.24, 2.45) is 10.2 Å². The number of benzene rings is 2. The van der Waals surface area contributed by atoms with Crippen molar-refractivity contribution >= 4 is 46.3 Å². The van der Waals surface area contributed by atoms with Crippen LogP contribution < -0.4 is 4.90 Å². The number of likely N-dealkylation sites (N-methyl/N-ethyl adjacent to an activating group) is 1. The van der Waals surface area contributed by atoms with E-state index in [1.54, 1.807) is 39.8 Å². The van der Waals surface area contributed by atoms with Crippen LogP contribution in [0.5, 0.6) is 0 Å². The van der Waals surface area contributed by atoms with Crippen molar-refractivity contribution in [1.82, 2.24) is 0 Å². The molecule has 3 saturated heterocycles. The predicted octanol–water partition coefficient (Wildman–Crippen LogP) is 5.75. The first-order valence-corrected chi connectivity index (χ1v) is 16.0. The lowest BCUT2D eigenvalue weighted by molar-refractivity contribution is -0.384. The van der Waals surface area contributed by atoms with Crippen LogP contribution in [0.4, 0.5) is 22.7 Å². The van der Waals surface area contributed by atoms with Crippen LogP contribution in [0.3, 0.4) is 0 Å². The van der Waals surface area contributed by atoms with Crippen molar-refractivity contribution < 1.29 is 47.7 Å². The number of rotatable bonds is 13. The van der Waals surface area contributed by atoms with Gasteiger partial charge in [-0.05, 0) is 65.0 Å². The summed E-state index contributed by atoms with van der Waals surface area (Å²) in [6.07, 6.45) is -3.10. The summed E-state index contributed by atoms with van der Waals surface area (Å²) in [5.41, 5.74) is 1.61. The quantitative estimate of drug-likeness (QED) is 0.108. The van der Waals surface area contributed by atoms with Gasteiger partial charge in [0.1, 0.15) is 43.3 Å². The van der Waals surface area contributed by atoms with Gasteiger partial charge >= 0.3 is 11.9 Å². The molecule has 5 atom stereocenters. The van der Waals surface area contributed by atoms with Crippen LogP contribution in [0.15, 0.2) is 52.7 Å². The fraction of sp³-hybridized carbons (Fsp3) is 0.562. The molecule has 0 bridgehead atoms. The second-order valence-electron chi connectivity index (χ2n) is 12.3. The maximum Gasteiger partial charge on any atom is 0.306 e. The van der Waals surface area contributed by atoms with Crippen LogP contribution in [-0.4, -0.2) is 85.4 Å². The second kappa shape index (κ2) is 14.8. The molecule has 0 aromatic heterocycles. The van der Waals surface area contributed by atoms with Gasteiger partial charge in [0.05, 0.1) is 35.0 Å². The van der Waals surface area contributed by atoms with E-state index in [4.69, 9.17) is 44.8 Å². The molecule has 0 radical (unpaired) electrons. The lowest BCUT2D eigenvalue weighted by Gasteiger charge is -2.36. The smallest absolute Gasteiger partial charge is 0.306 e. The Morgan fingerprint density at radius 1 is 0.917 bits per heavy atom. The number of carbonyl (C=O) groups is 2. The Labute approximate surface area is 282 Å². The van der Waals surface area contributed by atoms with Crippen molar-refractivity contribution in [3.05, 3.63) is 57.6 Å². The van der Waals surface area contributed by atoms with E-state index in [0.717, 1.165) is 5.69 Å². The second-order valence-corrected chi connectivity index (χ2v) is 12.7. The summed E-state index contributed by atoms with van der Waals surface area (Å²) in [6, 6.07) is 11.2. The van der Waals surface area contributed by atoms with E-state index in [2.05, 4.69) is 10.2 Å². The van der Waals surface area contributed by atoms with E-state index in [1.165, 1.54) is 18.2 Å². The molecule has 3 aliphatic rings. The lowest BCUT2D eigenvalue weighted by atomic mass is 9.99. The number of fused-ring (bicyclic) bond motifs is 3. The van der Waals surface area contributed by atoms with Crippen LogP contribution in [0.25, 0.3) is 0 Å². The number of carbonyl (C=O) groups excluding carboxylic acids is 2. The van der Waals surface area contributed by atoms with Crippen LogP contribution in [0.2, 0.25) is 5.02 Å². The van der Waals surface area contributed by atoms with Gasteiger partial charge in [-0.25, -0.2) is 0 Å². The molecule has 0 spiro atoms. The molecule has 2 aromatic carbocycles. The molecule has 0 N–H and O–H groups in total. The summed E-state index contributed by atoms with van der Waals surface area (Å²) < 4.78 is 40.8. The highest BCUT2D eigenvalue weighted by Crippen LogP contribution is 2.44.